The van der Waals surface area contributed by atoms with Crippen LogP contribution in [-0.2, 0) is 0 Å². The number of anilines is 2. The molecule has 2 aromatic rings. The van der Waals surface area contributed by atoms with Crippen molar-refractivity contribution in [3.8, 4) is 0 Å². The Kier molecular flexibility index (Phi) is 5.23. The van der Waals surface area contributed by atoms with Crippen LogP contribution in [0.4, 0.5) is 11.5 Å². The fraction of sp³-hybridized carbons (Fsp3) is 0.476. The molecule has 142 valence electrons. The topological polar surface area (TPSA) is 52.6 Å². The van der Waals surface area contributed by atoms with E-state index in [-0.39, 0.29) is 11.9 Å². The Morgan fingerprint density at radius 2 is 1.70 bits per heavy atom. The van der Waals surface area contributed by atoms with Crippen molar-refractivity contribution in [1.29, 1.82) is 0 Å². The second kappa shape index (κ2) is 7.94. The van der Waals surface area contributed by atoms with E-state index in [9.17, 15) is 4.79 Å². The Morgan fingerprint density at radius 3 is 2.41 bits per heavy atom. The summed E-state index contributed by atoms with van der Waals surface area (Å²) in [4.78, 5) is 19.3. The summed E-state index contributed by atoms with van der Waals surface area (Å²) >= 11 is 0. The van der Waals surface area contributed by atoms with Gasteiger partial charge in [-0.05, 0) is 49.9 Å². The molecule has 4 rings (SSSR count). The van der Waals surface area contributed by atoms with E-state index in [2.05, 4.69) is 44.3 Å². The molecule has 2 saturated heterocycles. The van der Waals surface area contributed by atoms with Crippen LogP contribution in [0.1, 0.15) is 36.2 Å². The van der Waals surface area contributed by atoms with Crippen molar-refractivity contribution >= 4 is 17.4 Å². The number of hydrogen-bond acceptors (Lipinski definition) is 5. The third kappa shape index (κ3) is 3.89. The van der Waals surface area contributed by atoms with Gasteiger partial charge in [-0.2, -0.15) is 0 Å². The fourth-order valence-electron chi connectivity index (χ4n) is 4.04. The molecular weight excluding hydrogens is 338 g/mol. The maximum atomic E-state index is 12.9. The molecular formula is C21H27N5O. The first-order valence-electron chi connectivity index (χ1n) is 9.88. The normalized spacial score (nSPS) is 20.0. The Hall–Kier alpha value is -2.63. The highest BCUT2D eigenvalue weighted by Crippen LogP contribution is 2.23. The van der Waals surface area contributed by atoms with Crippen LogP contribution in [0.3, 0.4) is 0 Å². The first-order valence-corrected chi connectivity index (χ1v) is 9.88. The number of rotatable bonds is 4. The Labute approximate surface area is 160 Å². The molecule has 2 fully saturated rings. The van der Waals surface area contributed by atoms with E-state index in [0.29, 0.717) is 5.69 Å². The van der Waals surface area contributed by atoms with Crippen LogP contribution in [0.5, 0.6) is 0 Å². The first-order chi connectivity index (χ1) is 13.2. The van der Waals surface area contributed by atoms with E-state index in [1.54, 1.807) is 0 Å². The molecule has 2 aliphatic heterocycles. The zero-order chi connectivity index (χ0) is 18.6. The summed E-state index contributed by atoms with van der Waals surface area (Å²) in [5.74, 6) is 0.829. The van der Waals surface area contributed by atoms with E-state index < -0.39 is 0 Å². The molecule has 0 aliphatic carbocycles. The maximum Gasteiger partial charge on any atom is 0.274 e. The Bertz CT molecular complexity index is 758. The lowest BCUT2D eigenvalue weighted by molar-refractivity contribution is 0.0710. The van der Waals surface area contributed by atoms with E-state index in [4.69, 9.17) is 0 Å². The molecule has 6 nitrogen and oxygen atoms in total. The third-order valence-corrected chi connectivity index (χ3v) is 5.69. The number of likely N-dealkylation sites (N-methyl/N-ethyl adjacent to an activating group) is 1. The van der Waals surface area contributed by atoms with Crippen LogP contribution in [0, 0.1) is 0 Å². The van der Waals surface area contributed by atoms with Gasteiger partial charge in [0.05, 0.1) is 0 Å². The van der Waals surface area contributed by atoms with Gasteiger partial charge in [0.2, 0.25) is 0 Å². The van der Waals surface area contributed by atoms with Crippen molar-refractivity contribution in [1.82, 2.24) is 15.1 Å². The molecule has 0 spiro atoms. The van der Waals surface area contributed by atoms with Gasteiger partial charge in [0, 0.05) is 45.0 Å². The highest BCUT2D eigenvalue weighted by molar-refractivity contribution is 5.92. The molecule has 1 atom stereocenters. The number of nitrogens with zero attached hydrogens (tertiary/aromatic N) is 5. The molecule has 1 aromatic heterocycles. The van der Waals surface area contributed by atoms with Crippen LogP contribution in [-0.4, -0.2) is 60.3 Å². The smallest absolute Gasteiger partial charge is 0.274 e. The van der Waals surface area contributed by atoms with E-state index in [0.717, 1.165) is 44.8 Å². The zero-order valence-corrected chi connectivity index (χ0v) is 15.9. The SMILES string of the molecule is CN(C(=O)c1ccc(N2CCCC2)nn1)C1CCCN(c2ccccc2)C1. The minimum absolute atomic E-state index is 0.0459. The Morgan fingerprint density at radius 1 is 0.963 bits per heavy atom. The van der Waals surface area contributed by atoms with Gasteiger partial charge in [-0.25, -0.2) is 0 Å². The van der Waals surface area contributed by atoms with Crippen LogP contribution in [0.25, 0.3) is 0 Å². The number of para-hydroxylation sites is 1. The maximum absolute atomic E-state index is 12.9. The molecule has 0 radical (unpaired) electrons. The van der Waals surface area contributed by atoms with Crippen molar-refractivity contribution in [2.24, 2.45) is 0 Å². The number of piperidine rings is 1. The largest absolute Gasteiger partial charge is 0.369 e. The van der Waals surface area contributed by atoms with Crippen LogP contribution < -0.4 is 9.80 Å². The lowest BCUT2D eigenvalue weighted by Crippen LogP contribution is -2.48. The van der Waals surface area contributed by atoms with Crippen LogP contribution in [0.15, 0.2) is 42.5 Å². The van der Waals surface area contributed by atoms with Crippen molar-refractivity contribution in [2.75, 3.05) is 43.0 Å². The molecule has 1 aromatic carbocycles. The minimum atomic E-state index is -0.0459. The van der Waals surface area contributed by atoms with Gasteiger partial charge in [-0.15, -0.1) is 10.2 Å². The predicted molar refractivity (Wildman–Crippen MR) is 107 cm³/mol. The number of aromatic nitrogens is 2. The highest BCUT2D eigenvalue weighted by atomic mass is 16.2. The van der Waals surface area contributed by atoms with Crippen LogP contribution in [0.2, 0.25) is 0 Å². The zero-order valence-electron chi connectivity index (χ0n) is 15.9. The predicted octanol–water partition coefficient (Wildman–Crippen LogP) is 2.82. The van der Waals surface area contributed by atoms with Gasteiger partial charge in [-0.3, -0.25) is 4.79 Å². The number of carbonyl (C=O) groups is 1. The van der Waals surface area contributed by atoms with E-state index in [1.165, 1.54) is 18.5 Å². The van der Waals surface area contributed by atoms with E-state index in [1.807, 2.05) is 30.1 Å². The fourth-order valence-corrected chi connectivity index (χ4v) is 4.04. The summed E-state index contributed by atoms with van der Waals surface area (Å²) in [6.45, 7) is 3.94. The van der Waals surface area contributed by atoms with Gasteiger partial charge < -0.3 is 14.7 Å². The van der Waals surface area contributed by atoms with Crippen LogP contribution >= 0.6 is 0 Å². The molecule has 27 heavy (non-hydrogen) atoms. The third-order valence-electron chi connectivity index (χ3n) is 5.69. The van der Waals surface area contributed by atoms with Crippen molar-refractivity contribution < 1.29 is 4.79 Å². The summed E-state index contributed by atoms with van der Waals surface area (Å²) in [6.07, 6.45) is 4.50. The monoisotopic (exact) mass is 365 g/mol. The van der Waals surface area contributed by atoms with Gasteiger partial charge in [0.1, 0.15) is 0 Å². The number of benzene rings is 1. The average molecular weight is 365 g/mol. The van der Waals surface area contributed by atoms with Gasteiger partial charge >= 0.3 is 0 Å². The molecule has 2 aliphatic rings. The average Bonchev–Trinajstić information content (AvgIpc) is 3.28. The second-order valence-electron chi connectivity index (χ2n) is 7.46. The molecule has 0 saturated carbocycles. The first kappa shape index (κ1) is 17.8. The molecule has 0 N–H and O–H groups in total. The number of carbonyl (C=O) groups excluding carboxylic acids is 1. The van der Waals surface area contributed by atoms with Gasteiger partial charge in [0.25, 0.3) is 5.91 Å². The molecule has 3 heterocycles. The lowest BCUT2D eigenvalue weighted by Gasteiger charge is -2.38. The van der Waals surface area contributed by atoms with Crippen molar-refractivity contribution in [3.63, 3.8) is 0 Å². The summed E-state index contributed by atoms with van der Waals surface area (Å²) in [6, 6.07) is 14.3. The second-order valence-corrected chi connectivity index (χ2v) is 7.46. The molecule has 0 bridgehead atoms. The van der Waals surface area contributed by atoms with Crippen molar-refractivity contribution in [3.05, 3.63) is 48.2 Å². The Balaban J connectivity index is 1.42. The van der Waals surface area contributed by atoms with Gasteiger partial charge in [0.15, 0.2) is 11.5 Å². The quantitative estimate of drug-likeness (QED) is 0.834. The summed E-state index contributed by atoms with van der Waals surface area (Å²) in [7, 11) is 1.89. The highest BCUT2D eigenvalue weighted by Gasteiger charge is 2.27. The molecule has 6 heteroatoms. The lowest BCUT2D eigenvalue weighted by atomic mass is 10.0. The van der Waals surface area contributed by atoms with Crippen molar-refractivity contribution in [2.45, 2.75) is 31.7 Å². The standard InChI is InChI=1S/C21H27N5O/c1-24(18-10-7-15-26(16-18)17-8-3-2-4-9-17)21(27)19-11-12-20(23-22-19)25-13-5-6-14-25/h2-4,8-9,11-12,18H,5-7,10,13-16H2,1H3. The number of hydrogen-bond donors (Lipinski definition) is 0. The summed E-state index contributed by atoms with van der Waals surface area (Å²) in [5.41, 5.74) is 1.65. The molecule has 1 unspecified atom stereocenters. The number of amides is 1. The molecule has 1 amide bonds. The summed E-state index contributed by atoms with van der Waals surface area (Å²) < 4.78 is 0. The van der Waals surface area contributed by atoms with E-state index >= 15 is 0 Å². The summed E-state index contributed by atoms with van der Waals surface area (Å²) in [5, 5.41) is 8.51. The minimum Gasteiger partial charge on any atom is -0.369 e. The van der Waals surface area contributed by atoms with Gasteiger partial charge in [-0.1, -0.05) is 18.2 Å².